The van der Waals surface area contributed by atoms with Crippen LogP contribution in [0, 0.1) is 11.5 Å². The molecule has 0 aromatic carbocycles. The molecule has 0 fully saturated rings. The number of nitriles is 1. The number of hydrogen-bond acceptors (Lipinski definition) is 4. The lowest BCUT2D eigenvalue weighted by molar-refractivity contribution is 0.123. The maximum absolute atomic E-state index is 8.37. The molecule has 3 N–H and O–H groups in total. The number of rotatable bonds is 5. The zero-order valence-corrected chi connectivity index (χ0v) is 9.03. The average Bonchev–Trinajstić information content (AvgIpc) is 2.80. The van der Waals surface area contributed by atoms with E-state index in [9.17, 15) is 0 Å². The van der Waals surface area contributed by atoms with Gasteiger partial charge in [0.2, 0.25) is 5.96 Å². The number of hydrogen-bond donors (Lipinski definition) is 3. The van der Waals surface area contributed by atoms with Gasteiger partial charge in [0.05, 0.1) is 25.2 Å². The van der Waals surface area contributed by atoms with Crippen LogP contribution in [0.4, 0.5) is 0 Å². The summed E-state index contributed by atoms with van der Waals surface area (Å²) >= 11 is 0. The van der Waals surface area contributed by atoms with Gasteiger partial charge in [-0.05, 0) is 0 Å². The maximum Gasteiger partial charge on any atom is 0.204 e. The number of ether oxygens (including phenoxy) is 1. The van der Waals surface area contributed by atoms with Gasteiger partial charge in [0.1, 0.15) is 0 Å². The minimum absolute atomic E-state index is 0.436. The minimum atomic E-state index is 0.436. The molecule has 0 saturated carbocycles. The predicted molar refractivity (Wildman–Crippen MR) is 58.4 cm³/mol. The third-order valence-electron chi connectivity index (χ3n) is 1.74. The highest BCUT2D eigenvalue weighted by Crippen LogP contribution is 1.92. The monoisotopic (exact) mass is 222 g/mol. The molecule has 0 atom stereocenters. The summed E-state index contributed by atoms with van der Waals surface area (Å²) in [6.45, 7) is 1.56. The first-order valence-corrected chi connectivity index (χ1v) is 4.78. The number of nitrogens with zero attached hydrogens (tertiary/aromatic N) is 3. The van der Waals surface area contributed by atoms with Crippen LogP contribution in [0.1, 0.15) is 5.69 Å². The molecule has 7 heteroatoms. The van der Waals surface area contributed by atoms with Crippen LogP contribution in [0.25, 0.3) is 0 Å². The third-order valence-corrected chi connectivity index (χ3v) is 1.74. The van der Waals surface area contributed by atoms with Crippen molar-refractivity contribution in [3.63, 3.8) is 0 Å². The lowest BCUT2D eigenvalue weighted by Crippen LogP contribution is -2.36. The fourth-order valence-corrected chi connectivity index (χ4v) is 1.02. The van der Waals surface area contributed by atoms with E-state index in [1.807, 2.05) is 0 Å². The Morgan fingerprint density at radius 1 is 1.75 bits per heavy atom. The predicted octanol–water partition coefficient (Wildman–Crippen LogP) is -0.428. The van der Waals surface area contributed by atoms with Gasteiger partial charge in [0.15, 0.2) is 6.19 Å². The van der Waals surface area contributed by atoms with Crippen LogP contribution in [-0.2, 0) is 11.3 Å². The first-order valence-electron chi connectivity index (χ1n) is 4.78. The summed E-state index contributed by atoms with van der Waals surface area (Å²) < 4.78 is 5.34. The smallest absolute Gasteiger partial charge is 0.204 e. The molecule has 7 nitrogen and oxygen atoms in total. The van der Waals surface area contributed by atoms with E-state index in [-0.39, 0.29) is 0 Å². The van der Waals surface area contributed by atoms with Gasteiger partial charge < -0.3 is 15.0 Å². The van der Waals surface area contributed by atoms with Crippen molar-refractivity contribution in [3.8, 4) is 6.19 Å². The van der Waals surface area contributed by atoms with E-state index in [2.05, 4.69) is 25.6 Å². The summed E-state index contributed by atoms with van der Waals surface area (Å²) in [7, 11) is 1.59. The summed E-state index contributed by atoms with van der Waals surface area (Å²) in [6.07, 6.45) is 5.17. The Hall–Kier alpha value is -2.07. The molecule has 0 unspecified atom stereocenters. The lowest BCUT2D eigenvalue weighted by Gasteiger charge is -2.06. The van der Waals surface area contributed by atoms with Crippen molar-refractivity contribution in [1.29, 1.82) is 5.26 Å². The van der Waals surface area contributed by atoms with Gasteiger partial charge in [0, 0.05) is 19.8 Å². The van der Waals surface area contributed by atoms with E-state index in [0.717, 1.165) is 5.69 Å². The minimum Gasteiger partial charge on any atom is -0.373 e. The quantitative estimate of drug-likeness (QED) is 0.206. The Morgan fingerprint density at radius 2 is 2.62 bits per heavy atom. The molecule has 0 spiro atoms. The van der Waals surface area contributed by atoms with Crippen molar-refractivity contribution in [2.24, 2.45) is 4.99 Å². The second kappa shape index (κ2) is 7.25. The number of imidazole rings is 1. The van der Waals surface area contributed by atoms with E-state index < -0.39 is 0 Å². The first-order chi connectivity index (χ1) is 7.86. The maximum atomic E-state index is 8.37. The molecular formula is C9H14N6O. The number of nitrogens with one attached hydrogen (secondary N) is 3. The van der Waals surface area contributed by atoms with Gasteiger partial charge in [-0.15, -0.1) is 0 Å². The Labute approximate surface area is 93.6 Å². The van der Waals surface area contributed by atoms with Gasteiger partial charge in [-0.1, -0.05) is 0 Å². The highest BCUT2D eigenvalue weighted by molar-refractivity contribution is 5.80. The summed E-state index contributed by atoms with van der Waals surface area (Å²) in [5.74, 6) is 0.436. The molecule has 1 rings (SSSR count). The van der Waals surface area contributed by atoms with Crippen molar-refractivity contribution in [2.75, 3.05) is 20.2 Å². The topological polar surface area (TPSA) is 98.1 Å². The van der Waals surface area contributed by atoms with Crippen LogP contribution >= 0.6 is 0 Å². The molecule has 0 aliphatic carbocycles. The van der Waals surface area contributed by atoms with Crippen LogP contribution in [0.15, 0.2) is 17.5 Å². The number of guanidine groups is 1. The van der Waals surface area contributed by atoms with Crippen molar-refractivity contribution in [3.05, 3.63) is 18.2 Å². The molecule has 86 valence electrons. The first kappa shape index (κ1) is 12.0. The number of aromatic nitrogens is 2. The molecule has 1 aromatic heterocycles. The summed E-state index contributed by atoms with van der Waals surface area (Å²) in [6, 6.07) is 0. The lowest BCUT2D eigenvalue weighted by atomic mass is 10.5. The van der Waals surface area contributed by atoms with E-state index in [1.165, 1.54) is 0 Å². The summed E-state index contributed by atoms with van der Waals surface area (Å²) in [5, 5.41) is 13.7. The number of aromatic amines is 1. The zero-order valence-electron chi connectivity index (χ0n) is 9.03. The Kier molecular flexibility index (Phi) is 5.44. The van der Waals surface area contributed by atoms with E-state index in [1.54, 1.807) is 25.8 Å². The van der Waals surface area contributed by atoms with E-state index in [0.29, 0.717) is 25.7 Å². The van der Waals surface area contributed by atoms with Crippen molar-refractivity contribution in [1.82, 2.24) is 20.6 Å². The molecule has 1 heterocycles. The van der Waals surface area contributed by atoms with Gasteiger partial charge >= 0.3 is 0 Å². The van der Waals surface area contributed by atoms with Crippen LogP contribution in [0.3, 0.4) is 0 Å². The molecule has 0 aliphatic rings. The normalized spacial score (nSPS) is 10.9. The molecule has 0 amide bonds. The Morgan fingerprint density at radius 3 is 3.25 bits per heavy atom. The second-order valence-corrected chi connectivity index (χ2v) is 2.85. The summed E-state index contributed by atoms with van der Waals surface area (Å²) in [5.41, 5.74) is 0.861. The van der Waals surface area contributed by atoms with Gasteiger partial charge in [-0.2, -0.15) is 5.26 Å². The molecule has 0 bridgehead atoms. The molecule has 1 aromatic rings. The molecule has 0 saturated heterocycles. The fourth-order valence-electron chi connectivity index (χ4n) is 1.02. The van der Waals surface area contributed by atoms with Gasteiger partial charge in [-0.25, -0.2) is 4.98 Å². The van der Waals surface area contributed by atoms with Crippen LogP contribution in [-0.4, -0.2) is 36.1 Å². The van der Waals surface area contributed by atoms with Gasteiger partial charge in [-0.3, -0.25) is 10.3 Å². The van der Waals surface area contributed by atoms with Gasteiger partial charge in [0.25, 0.3) is 0 Å². The Bertz CT molecular complexity index is 353. The molecule has 0 aliphatic heterocycles. The van der Waals surface area contributed by atoms with Crippen LogP contribution < -0.4 is 10.6 Å². The largest absolute Gasteiger partial charge is 0.373 e. The van der Waals surface area contributed by atoms with E-state index in [4.69, 9.17) is 10.00 Å². The SMILES string of the molecule is C/N=C(\NC#N)NCCOCc1c[nH]cn1. The number of H-pyrrole nitrogens is 1. The van der Waals surface area contributed by atoms with Crippen molar-refractivity contribution >= 4 is 5.96 Å². The van der Waals surface area contributed by atoms with Crippen molar-refractivity contribution < 1.29 is 4.74 Å². The Balaban J connectivity index is 2.06. The molecular weight excluding hydrogens is 208 g/mol. The van der Waals surface area contributed by atoms with Crippen molar-refractivity contribution in [2.45, 2.75) is 6.61 Å². The highest BCUT2D eigenvalue weighted by atomic mass is 16.5. The van der Waals surface area contributed by atoms with E-state index >= 15 is 0 Å². The summed E-state index contributed by atoms with van der Waals surface area (Å²) in [4.78, 5) is 10.7. The fraction of sp³-hybridized carbons (Fsp3) is 0.444. The molecule has 0 radical (unpaired) electrons. The second-order valence-electron chi connectivity index (χ2n) is 2.85. The zero-order chi connectivity index (χ0) is 11.6. The molecule has 16 heavy (non-hydrogen) atoms. The van der Waals surface area contributed by atoms with Crippen LogP contribution in [0.5, 0.6) is 0 Å². The van der Waals surface area contributed by atoms with Crippen LogP contribution in [0.2, 0.25) is 0 Å². The number of aliphatic imine (C=N–C) groups is 1. The highest BCUT2D eigenvalue weighted by Gasteiger charge is 1.96. The standard InChI is InChI=1S/C9H14N6O/c1-11-9(14-6-10)13-2-3-16-5-8-4-12-7-15-8/h4,7H,2-3,5H2,1H3,(H,12,15)(H2,11,13,14). The average molecular weight is 222 g/mol. The third kappa shape index (κ3) is 4.43.